The zero-order valence-corrected chi connectivity index (χ0v) is 12.6. The molecule has 0 saturated heterocycles. The maximum atomic E-state index is 12.1. The number of nitrogens with zero attached hydrogens (tertiary/aromatic N) is 2. The maximum absolute atomic E-state index is 12.1. The fraction of sp³-hybridized carbons (Fsp3) is 0.214. The van der Waals surface area contributed by atoms with Gasteiger partial charge in [-0.25, -0.2) is 9.89 Å². The van der Waals surface area contributed by atoms with Crippen molar-refractivity contribution in [3.8, 4) is 0 Å². The van der Waals surface area contributed by atoms with Crippen LogP contribution in [0.4, 0.5) is 5.95 Å². The topological polar surface area (TPSA) is 107 Å². The van der Waals surface area contributed by atoms with E-state index in [0.717, 1.165) is 10.9 Å². The number of hydrogen-bond donors (Lipinski definition) is 2. The lowest BCUT2D eigenvalue weighted by Crippen LogP contribution is -2.05. The minimum Gasteiger partial charge on any atom is -0.460 e. The number of aromatic nitrogens is 3. The molecule has 22 heavy (non-hydrogen) atoms. The molecule has 0 aliphatic heterocycles. The third-order valence-electron chi connectivity index (χ3n) is 2.99. The molecule has 0 amide bonds. The molecule has 2 aromatic heterocycles. The van der Waals surface area contributed by atoms with Gasteiger partial charge in [0.25, 0.3) is 0 Å². The van der Waals surface area contributed by atoms with Crippen molar-refractivity contribution in [1.82, 2.24) is 15.2 Å². The Morgan fingerprint density at radius 2 is 2.27 bits per heavy atom. The molecule has 0 aliphatic rings. The fourth-order valence-corrected chi connectivity index (χ4v) is 2.90. The molecule has 114 valence electrons. The highest BCUT2D eigenvalue weighted by Crippen LogP contribution is 2.31. The van der Waals surface area contributed by atoms with Crippen LogP contribution >= 0.6 is 11.8 Å². The van der Waals surface area contributed by atoms with Crippen molar-refractivity contribution in [2.24, 2.45) is 0 Å². The largest absolute Gasteiger partial charge is 0.460 e. The van der Waals surface area contributed by atoms with Gasteiger partial charge in [-0.05, 0) is 13.0 Å². The summed E-state index contributed by atoms with van der Waals surface area (Å²) in [5, 5.41) is 7.92. The summed E-state index contributed by atoms with van der Waals surface area (Å²) in [6.07, 6.45) is 0. The molecule has 0 unspecified atom stereocenters. The first-order chi connectivity index (χ1) is 10.7. The predicted octanol–water partition coefficient (Wildman–Crippen LogP) is 2.60. The highest BCUT2D eigenvalue weighted by atomic mass is 32.2. The summed E-state index contributed by atoms with van der Waals surface area (Å²) >= 11 is 1.36. The van der Waals surface area contributed by atoms with Crippen LogP contribution in [0.3, 0.4) is 0 Å². The number of anilines is 1. The molecule has 0 aliphatic carbocycles. The molecule has 0 bridgehead atoms. The quantitative estimate of drug-likeness (QED) is 0.550. The summed E-state index contributed by atoms with van der Waals surface area (Å²) in [6.45, 7) is 2.05. The molecule has 0 fully saturated rings. The van der Waals surface area contributed by atoms with Gasteiger partial charge in [-0.1, -0.05) is 30.0 Å². The van der Waals surface area contributed by atoms with Crippen molar-refractivity contribution >= 4 is 34.6 Å². The number of benzene rings is 1. The number of carbonyl (C=O) groups is 1. The Morgan fingerprint density at radius 3 is 3.00 bits per heavy atom. The number of nitrogen functional groups attached to an aromatic ring is 1. The molecule has 0 atom stereocenters. The number of nitrogens with two attached hydrogens (primary N) is 1. The number of thioether (sulfide) groups is 1. The molecule has 2 heterocycles. The first kappa shape index (κ1) is 14.5. The van der Waals surface area contributed by atoms with Gasteiger partial charge in [0, 0.05) is 16.7 Å². The van der Waals surface area contributed by atoms with E-state index in [4.69, 9.17) is 14.9 Å². The third-order valence-corrected chi connectivity index (χ3v) is 3.86. The standard InChI is InChI=1S/C14H14N4O3S/c1-2-20-12(19)11-9(7-22-14-16-13(15)17-18-14)8-5-3-4-6-10(8)21-11/h3-6H,2,7H2,1H3,(H3,15,16,17,18). The van der Waals surface area contributed by atoms with Crippen LogP contribution in [0.15, 0.2) is 33.8 Å². The lowest BCUT2D eigenvalue weighted by Gasteiger charge is -2.01. The average molecular weight is 318 g/mol. The summed E-state index contributed by atoms with van der Waals surface area (Å²) in [6, 6.07) is 7.47. The van der Waals surface area contributed by atoms with Gasteiger partial charge in [-0.2, -0.15) is 4.98 Å². The second-order valence-electron chi connectivity index (χ2n) is 4.42. The zero-order chi connectivity index (χ0) is 15.5. The maximum Gasteiger partial charge on any atom is 0.374 e. The lowest BCUT2D eigenvalue weighted by molar-refractivity contribution is 0.0491. The molecular weight excluding hydrogens is 304 g/mol. The molecule has 7 nitrogen and oxygen atoms in total. The summed E-state index contributed by atoms with van der Waals surface area (Å²) in [5.74, 6) is 0.482. The molecule has 3 N–H and O–H groups in total. The van der Waals surface area contributed by atoms with Crippen molar-refractivity contribution in [2.45, 2.75) is 17.8 Å². The SMILES string of the molecule is CCOC(=O)c1oc2ccccc2c1CSc1n[nH]c(N)n1. The zero-order valence-electron chi connectivity index (χ0n) is 11.8. The van der Waals surface area contributed by atoms with Crippen molar-refractivity contribution < 1.29 is 13.9 Å². The summed E-state index contributed by atoms with van der Waals surface area (Å²) in [7, 11) is 0. The Morgan fingerprint density at radius 1 is 1.45 bits per heavy atom. The van der Waals surface area contributed by atoms with Gasteiger partial charge in [0.05, 0.1) is 6.61 Å². The minimum absolute atomic E-state index is 0.221. The number of nitrogens with one attached hydrogen (secondary N) is 1. The van der Waals surface area contributed by atoms with Crippen molar-refractivity contribution in [3.05, 3.63) is 35.6 Å². The van der Waals surface area contributed by atoms with E-state index in [0.29, 0.717) is 23.1 Å². The van der Waals surface area contributed by atoms with Crippen LogP contribution in [0.5, 0.6) is 0 Å². The van der Waals surface area contributed by atoms with Gasteiger partial charge < -0.3 is 14.9 Å². The van der Waals surface area contributed by atoms with Crippen molar-refractivity contribution in [1.29, 1.82) is 0 Å². The minimum atomic E-state index is -0.469. The van der Waals surface area contributed by atoms with Gasteiger partial charge in [0.15, 0.2) is 0 Å². The van der Waals surface area contributed by atoms with Crippen LogP contribution < -0.4 is 5.73 Å². The number of esters is 1. The highest BCUT2D eigenvalue weighted by Gasteiger charge is 2.22. The predicted molar refractivity (Wildman–Crippen MR) is 82.5 cm³/mol. The Balaban J connectivity index is 1.94. The van der Waals surface area contributed by atoms with Crippen LogP contribution in [-0.2, 0) is 10.5 Å². The Labute approximate surface area is 130 Å². The summed E-state index contributed by atoms with van der Waals surface area (Å²) in [4.78, 5) is 16.1. The van der Waals surface area contributed by atoms with Gasteiger partial charge >= 0.3 is 5.97 Å². The Hall–Kier alpha value is -2.48. The van der Waals surface area contributed by atoms with E-state index in [9.17, 15) is 4.79 Å². The first-order valence-electron chi connectivity index (χ1n) is 6.67. The van der Waals surface area contributed by atoms with E-state index in [1.54, 1.807) is 6.92 Å². The van der Waals surface area contributed by atoms with Gasteiger partial charge in [-0.15, -0.1) is 5.10 Å². The second-order valence-corrected chi connectivity index (χ2v) is 5.36. The van der Waals surface area contributed by atoms with E-state index in [2.05, 4.69) is 15.2 Å². The summed E-state index contributed by atoms with van der Waals surface area (Å²) in [5.41, 5.74) is 6.92. The normalized spacial score (nSPS) is 11.0. The number of ether oxygens (including phenoxy) is 1. The van der Waals surface area contributed by atoms with E-state index < -0.39 is 5.97 Å². The van der Waals surface area contributed by atoms with Gasteiger partial charge in [0.1, 0.15) is 5.58 Å². The average Bonchev–Trinajstić information content (AvgIpc) is 3.09. The van der Waals surface area contributed by atoms with Crippen molar-refractivity contribution in [3.63, 3.8) is 0 Å². The van der Waals surface area contributed by atoms with Crippen LogP contribution in [-0.4, -0.2) is 27.8 Å². The van der Waals surface area contributed by atoms with E-state index in [1.165, 1.54) is 11.8 Å². The molecule has 3 rings (SSSR count). The number of rotatable bonds is 5. The Bertz CT molecular complexity index is 811. The van der Waals surface area contributed by atoms with Gasteiger partial charge in [0.2, 0.25) is 16.9 Å². The first-order valence-corrected chi connectivity index (χ1v) is 7.65. The van der Waals surface area contributed by atoms with E-state index in [1.807, 2.05) is 24.3 Å². The Kier molecular flexibility index (Phi) is 4.01. The molecule has 8 heteroatoms. The van der Waals surface area contributed by atoms with E-state index >= 15 is 0 Å². The number of H-pyrrole nitrogens is 1. The van der Waals surface area contributed by atoms with E-state index in [-0.39, 0.29) is 11.7 Å². The smallest absolute Gasteiger partial charge is 0.374 e. The molecule has 0 radical (unpaired) electrons. The van der Waals surface area contributed by atoms with Crippen LogP contribution in [0, 0.1) is 0 Å². The molecule has 0 spiro atoms. The third kappa shape index (κ3) is 2.77. The highest BCUT2D eigenvalue weighted by molar-refractivity contribution is 7.98. The monoisotopic (exact) mass is 318 g/mol. The number of fused-ring (bicyclic) bond motifs is 1. The van der Waals surface area contributed by atoms with Crippen LogP contribution in [0.2, 0.25) is 0 Å². The van der Waals surface area contributed by atoms with Crippen LogP contribution in [0.1, 0.15) is 23.0 Å². The van der Waals surface area contributed by atoms with Gasteiger partial charge in [-0.3, -0.25) is 0 Å². The van der Waals surface area contributed by atoms with Crippen LogP contribution in [0.25, 0.3) is 11.0 Å². The number of para-hydroxylation sites is 1. The second kappa shape index (κ2) is 6.10. The molecule has 1 aromatic carbocycles. The lowest BCUT2D eigenvalue weighted by atomic mass is 10.1. The number of aromatic amines is 1. The number of carbonyl (C=O) groups excluding carboxylic acids is 1. The molecule has 0 saturated carbocycles. The molecule has 3 aromatic rings. The number of hydrogen-bond acceptors (Lipinski definition) is 7. The summed E-state index contributed by atoms with van der Waals surface area (Å²) < 4.78 is 10.7. The fourth-order valence-electron chi connectivity index (χ4n) is 2.06. The number of furan rings is 1. The molecular formula is C14H14N4O3S. The van der Waals surface area contributed by atoms with Crippen molar-refractivity contribution in [2.75, 3.05) is 12.3 Å².